The second kappa shape index (κ2) is 12.9. The highest BCUT2D eigenvalue weighted by atomic mass is 19.1. The van der Waals surface area contributed by atoms with Gasteiger partial charge in [0.15, 0.2) is 11.6 Å². The fourth-order valence-corrected chi connectivity index (χ4v) is 4.04. The second-order valence-corrected chi connectivity index (χ2v) is 9.14. The first-order valence-electron chi connectivity index (χ1n) is 12.5. The molecule has 1 aliphatic rings. The Kier molecular flexibility index (Phi) is 9.11. The molecule has 0 radical (unpaired) electrons. The number of hydrogen-bond acceptors (Lipinski definition) is 6. The van der Waals surface area contributed by atoms with Crippen LogP contribution in [0.1, 0.15) is 30.9 Å². The molecule has 0 unspecified atom stereocenters. The lowest BCUT2D eigenvalue weighted by molar-refractivity contribution is -0.132. The van der Waals surface area contributed by atoms with Crippen molar-refractivity contribution in [2.45, 2.75) is 32.5 Å². The number of para-hydroxylation sites is 1. The maximum atomic E-state index is 13.8. The Morgan fingerprint density at radius 2 is 1.74 bits per heavy atom. The van der Waals surface area contributed by atoms with Crippen molar-refractivity contribution >= 4 is 23.6 Å². The van der Waals surface area contributed by atoms with Crippen LogP contribution >= 0.6 is 0 Å². The zero-order valence-electron chi connectivity index (χ0n) is 21.5. The van der Waals surface area contributed by atoms with Gasteiger partial charge < -0.3 is 24.4 Å². The molecule has 1 saturated heterocycles. The average Bonchev–Trinajstić information content (AvgIpc) is 2.90. The summed E-state index contributed by atoms with van der Waals surface area (Å²) in [5, 5.41) is 2.84. The minimum Gasteiger partial charge on any atom is -0.490 e. The Balaban J connectivity index is 1.32. The molecule has 0 atom stereocenters. The number of hydrogen-bond donors (Lipinski definition) is 1. The summed E-state index contributed by atoms with van der Waals surface area (Å²) in [5.74, 6) is -0.321. The van der Waals surface area contributed by atoms with E-state index in [1.807, 2.05) is 42.5 Å². The molecule has 3 aromatic carbocycles. The van der Waals surface area contributed by atoms with Crippen LogP contribution in [0.25, 0.3) is 6.08 Å². The summed E-state index contributed by atoms with van der Waals surface area (Å²) in [6.07, 6.45) is 5.11. The third-order valence-corrected chi connectivity index (χ3v) is 6.10. The van der Waals surface area contributed by atoms with Crippen LogP contribution in [-0.2, 0) is 16.2 Å². The largest absolute Gasteiger partial charge is 0.490 e. The van der Waals surface area contributed by atoms with Crippen LogP contribution in [0.15, 0.2) is 72.8 Å². The van der Waals surface area contributed by atoms with E-state index < -0.39 is 11.8 Å². The Morgan fingerprint density at radius 3 is 2.47 bits per heavy atom. The first kappa shape index (κ1) is 26.9. The molecule has 38 heavy (non-hydrogen) atoms. The van der Waals surface area contributed by atoms with Gasteiger partial charge in [0.05, 0.1) is 0 Å². The van der Waals surface area contributed by atoms with E-state index in [9.17, 15) is 14.0 Å². The lowest BCUT2D eigenvalue weighted by atomic mass is 10.1. The number of esters is 1. The number of piperidine rings is 1. The van der Waals surface area contributed by atoms with Crippen LogP contribution in [0.2, 0.25) is 0 Å². The summed E-state index contributed by atoms with van der Waals surface area (Å²) >= 11 is 0. The zero-order valence-corrected chi connectivity index (χ0v) is 21.5. The molecule has 0 spiro atoms. The number of nitrogens with one attached hydrogen (secondary N) is 1. The lowest BCUT2D eigenvalue weighted by Gasteiger charge is -2.29. The van der Waals surface area contributed by atoms with Crippen LogP contribution < -0.4 is 19.5 Å². The number of benzene rings is 3. The van der Waals surface area contributed by atoms with Gasteiger partial charge in [0.25, 0.3) is 0 Å². The zero-order chi connectivity index (χ0) is 26.9. The number of carbonyl (C=O) groups is 2. The SMILES string of the molecule is CC(=O)Oc1cc(/C=C/C(=O)Nc2ccccc2COc2ccc(OC3CCN(C)CC3)cc2)ccc1F. The molecule has 1 fully saturated rings. The van der Waals surface area contributed by atoms with E-state index >= 15 is 0 Å². The third kappa shape index (κ3) is 7.91. The maximum Gasteiger partial charge on any atom is 0.308 e. The van der Waals surface area contributed by atoms with Crippen molar-refractivity contribution in [2.24, 2.45) is 0 Å². The number of anilines is 1. The van der Waals surface area contributed by atoms with E-state index in [2.05, 4.69) is 17.3 Å². The van der Waals surface area contributed by atoms with E-state index in [1.165, 1.54) is 37.3 Å². The monoisotopic (exact) mass is 518 g/mol. The molecule has 1 amide bonds. The number of likely N-dealkylation sites (tertiary alicyclic amines) is 1. The van der Waals surface area contributed by atoms with Crippen molar-refractivity contribution < 1.29 is 28.2 Å². The number of halogens is 1. The van der Waals surface area contributed by atoms with Gasteiger partial charge in [0.2, 0.25) is 5.91 Å². The molecule has 7 nitrogen and oxygen atoms in total. The van der Waals surface area contributed by atoms with E-state index in [4.69, 9.17) is 14.2 Å². The Bertz CT molecular complexity index is 1280. The van der Waals surface area contributed by atoms with Gasteiger partial charge in [-0.05, 0) is 74.0 Å². The van der Waals surface area contributed by atoms with Gasteiger partial charge in [-0.3, -0.25) is 9.59 Å². The normalized spacial score (nSPS) is 14.3. The number of nitrogens with zero attached hydrogens (tertiary/aromatic N) is 1. The van der Waals surface area contributed by atoms with Gasteiger partial charge in [-0.1, -0.05) is 24.3 Å². The molecule has 0 bridgehead atoms. The number of rotatable bonds is 9. The van der Waals surface area contributed by atoms with Gasteiger partial charge in [-0.2, -0.15) is 0 Å². The predicted octanol–water partition coefficient (Wildman–Crippen LogP) is 5.45. The van der Waals surface area contributed by atoms with Gasteiger partial charge >= 0.3 is 5.97 Å². The lowest BCUT2D eigenvalue weighted by Crippen LogP contribution is -2.35. The molecule has 4 rings (SSSR count). The topological polar surface area (TPSA) is 77.1 Å². The summed E-state index contributed by atoms with van der Waals surface area (Å²) in [4.78, 5) is 26.0. The maximum absolute atomic E-state index is 13.8. The van der Waals surface area contributed by atoms with E-state index in [-0.39, 0.29) is 24.4 Å². The fraction of sp³-hybridized carbons (Fsp3) is 0.267. The molecule has 1 aliphatic heterocycles. The molecule has 198 valence electrons. The fourth-order valence-electron chi connectivity index (χ4n) is 4.04. The Morgan fingerprint density at radius 1 is 1.03 bits per heavy atom. The average molecular weight is 519 g/mol. The van der Waals surface area contributed by atoms with Crippen LogP contribution in [0.3, 0.4) is 0 Å². The highest BCUT2D eigenvalue weighted by Crippen LogP contribution is 2.24. The summed E-state index contributed by atoms with van der Waals surface area (Å²) in [7, 11) is 2.13. The summed E-state index contributed by atoms with van der Waals surface area (Å²) in [5.41, 5.74) is 1.93. The van der Waals surface area contributed by atoms with Crippen molar-refractivity contribution in [1.29, 1.82) is 0 Å². The standard InChI is InChI=1S/C30H31FN2O5/c1-21(34)37-29-19-22(7-13-27(29)31)8-14-30(35)32-28-6-4-3-5-23(28)20-36-24-9-11-25(12-10-24)38-26-15-17-33(2)18-16-26/h3-14,19,26H,15-18,20H2,1-2H3,(H,32,35)/b14-8+. The van der Waals surface area contributed by atoms with E-state index in [0.717, 1.165) is 37.2 Å². The van der Waals surface area contributed by atoms with Gasteiger partial charge in [-0.15, -0.1) is 0 Å². The van der Waals surface area contributed by atoms with Crippen LogP contribution in [-0.4, -0.2) is 43.0 Å². The van der Waals surface area contributed by atoms with Gasteiger partial charge in [0, 0.05) is 37.3 Å². The first-order chi connectivity index (χ1) is 18.4. The molecule has 0 aromatic heterocycles. The molecule has 3 aromatic rings. The second-order valence-electron chi connectivity index (χ2n) is 9.14. The predicted molar refractivity (Wildman–Crippen MR) is 144 cm³/mol. The molecule has 0 saturated carbocycles. The Labute approximate surface area is 221 Å². The highest BCUT2D eigenvalue weighted by Gasteiger charge is 2.18. The summed E-state index contributed by atoms with van der Waals surface area (Å²) in [6, 6.07) is 19.0. The van der Waals surface area contributed by atoms with Crippen molar-refractivity contribution in [2.75, 3.05) is 25.5 Å². The summed E-state index contributed by atoms with van der Waals surface area (Å²) in [6.45, 7) is 3.54. The minimum atomic E-state index is -0.657. The molecule has 8 heteroatoms. The number of amides is 1. The van der Waals surface area contributed by atoms with Crippen molar-refractivity contribution in [3.63, 3.8) is 0 Å². The smallest absolute Gasteiger partial charge is 0.308 e. The molecular formula is C30H31FN2O5. The molecule has 1 heterocycles. The minimum absolute atomic E-state index is 0.191. The van der Waals surface area contributed by atoms with Crippen LogP contribution in [0.4, 0.5) is 10.1 Å². The quantitative estimate of drug-likeness (QED) is 0.231. The summed E-state index contributed by atoms with van der Waals surface area (Å²) < 4.78 is 30.7. The van der Waals surface area contributed by atoms with Gasteiger partial charge in [0.1, 0.15) is 24.2 Å². The molecule has 0 aliphatic carbocycles. The van der Waals surface area contributed by atoms with Crippen molar-refractivity contribution in [1.82, 2.24) is 4.90 Å². The van der Waals surface area contributed by atoms with Crippen LogP contribution in [0, 0.1) is 5.82 Å². The molecular weight excluding hydrogens is 487 g/mol. The number of carbonyl (C=O) groups excluding carboxylic acids is 2. The van der Waals surface area contributed by atoms with Gasteiger partial charge in [-0.25, -0.2) is 4.39 Å². The van der Waals surface area contributed by atoms with Crippen LogP contribution in [0.5, 0.6) is 17.2 Å². The third-order valence-electron chi connectivity index (χ3n) is 6.10. The first-order valence-corrected chi connectivity index (χ1v) is 12.5. The number of ether oxygens (including phenoxy) is 3. The van der Waals surface area contributed by atoms with E-state index in [1.54, 1.807) is 6.07 Å². The van der Waals surface area contributed by atoms with Crippen molar-refractivity contribution in [3.05, 3.63) is 89.8 Å². The highest BCUT2D eigenvalue weighted by molar-refractivity contribution is 6.02. The Hall–Kier alpha value is -4.17. The van der Waals surface area contributed by atoms with E-state index in [0.29, 0.717) is 17.0 Å². The van der Waals surface area contributed by atoms with Crippen molar-refractivity contribution in [3.8, 4) is 17.2 Å². The molecule has 1 N–H and O–H groups in total.